The lowest BCUT2D eigenvalue weighted by Gasteiger charge is -2.32. The van der Waals surface area contributed by atoms with Crippen molar-refractivity contribution in [3.05, 3.63) is 36.5 Å². The summed E-state index contributed by atoms with van der Waals surface area (Å²) in [5.41, 5.74) is 8.16. The van der Waals surface area contributed by atoms with Gasteiger partial charge < -0.3 is 0 Å². The van der Waals surface area contributed by atoms with Gasteiger partial charge in [0.1, 0.15) is 0 Å². The maximum Gasteiger partial charge on any atom is 0.241 e. The summed E-state index contributed by atoms with van der Waals surface area (Å²) in [5, 5.41) is 1.04. The van der Waals surface area contributed by atoms with Crippen molar-refractivity contribution in [3.8, 4) is 0 Å². The molecule has 3 aliphatic carbocycles. The molecule has 4 heteroatoms. The minimum Gasteiger partial charge on any atom is -0.298 e. The summed E-state index contributed by atoms with van der Waals surface area (Å²) in [6.45, 7) is 0. The molecule has 1 amide bonds. The minimum atomic E-state index is 0.196. The van der Waals surface area contributed by atoms with Crippen LogP contribution in [0, 0.1) is 29.6 Å². The van der Waals surface area contributed by atoms with Crippen molar-refractivity contribution in [2.45, 2.75) is 51.4 Å². The van der Waals surface area contributed by atoms with Crippen LogP contribution < -0.4 is 10.9 Å². The predicted octanol–water partition coefficient (Wildman–Crippen LogP) is 4.92. The van der Waals surface area contributed by atoms with Crippen molar-refractivity contribution in [2.24, 2.45) is 29.6 Å². The summed E-state index contributed by atoms with van der Waals surface area (Å²) in [5.74, 6) is 3.19. The first-order valence-corrected chi connectivity index (χ1v) is 10.7. The average molecular weight is 364 g/mol. The first kappa shape index (κ1) is 17.0. The number of nitrogens with zero attached hydrogens (tertiary/aromatic N) is 1. The van der Waals surface area contributed by atoms with Crippen LogP contribution in [0.5, 0.6) is 0 Å². The Morgan fingerprint density at radius 3 is 2.22 bits per heavy atom. The lowest BCUT2D eigenvalue weighted by Crippen LogP contribution is -2.40. The van der Waals surface area contributed by atoms with E-state index in [0.29, 0.717) is 11.8 Å². The van der Waals surface area contributed by atoms with Gasteiger partial charge in [-0.3, -0.25) is 20.6 Å². The monoisotopic (exact) mass is 363 g/mol. The number of anilines is 1. The van der Waals surface area contributed by atoms with Gasteiger partial charge in [-0.2, -0.15) is 0 Å². The third-order valence-corrected chi connectivity index (χ3v) is 7.49. The average Bonchev–Trinajstić information content (AvgIpc) is 3.06. The van der Waals surface area contributed by atoms with Crippen LogP contribution in [-0.4, -0.2) is 10.9 Å². The highest BCUT2D eigenvalue weighted by Crippen LogP contribution is 2.57. The smallest absolute Gasteiger partial charge is 0.241 e. The van der Waals surface area contributed by atoms with Crippen LogP contribution in [0.1, 0.15) is 51.4 Å². The number of carbonyl (C=O) groups is 1. The fraction of sp³-hybridized carbons (Fsp3) is 0.565. The van der Waals surface area contributed by atoms with Gasteiger partial charge in [0.2, 0.25) is 5.91 Å². The van der Waals surface area contributed by atoms with Gasteiger partial charge in [-0.25, -0.2) is 0 Å². The van der Waals surface area contributed by atoms with E-state index in [0.717, 1.165) is 28.4 Å². The summed E-state index contributed by atoms with van der Waals surface area (Å²) in [6, 6.07) is 9.96. The summed E-state index contributed by atoms with van der Waals surface area (Å²) in [6.07, 6.45) is 12.3. The Balaban J connectivity index is 1.35. The molecule has 2 N–H and O–H groups in total. The molecule has 1 aromatic heterocycles. The molecule has 4 unspecified atom stereocenters. The molecule has 0 saturated heterocycles. The van der Waals surface area contributed by atoms with E-state index in [1.165, 1.54) is 51.4 Å². The number of hydrazine groups is 1. The molecule has 0 spiro atoms. The van der Waals surface area contributed by atoms with E-state index in [4.69, 9.17) is 0 Å². The van der Waals surface area contributed by atoms with E-state index in [9.17, 15) is 4.79 Å². The molecule has 4 atom stereocenters. The molecule has 3 fully saturated rings. The van der Waals surface area contributed by atoms with Crippen LogP contribution in [0.25, 0.3) is 10.9 Å². The van der Waals surface area contributed by atoms with Crippen LogP contribution in [-0.2, 0) is 4.79 Å². The third kappa shape index (κ3) is 2.99. The highest BCUT2D eigenvalue weighted by molar-refractivity contribution is 5.92. The SMILES string of the molecule is O=C(NNc1cccc2ncccc12)C1C2CCCCC2C2CCCCC21. The Morgan fingerprint density at radius 2 is 1.52 bits per heavy atom. The second kappa shape index (κ2) is 7.14. The fourth-order valence-electron chi connectivity index (χ4n) is 6.46. The van der Waals surface area contributed by atoms with Gasteiger partial charge >= 0.3 is 0 Å². The number of fused-ring (bicyclic) bond motifs is 4. The molecule has 3 aliphatic rings. The maximum atomic E-state index is 13.3. The lowest BCUT2D eigenvalue weighted by atomic mass is 9.73. The van der Waals surface area contributed by atoms with Gasteiger partial charge in [0, 0.05) is 17.5 Å². The molecule has 2 aromatic rings. The predicted molar refractivity (Wildman–Crippen MR) is 108 cm³/mol. The van der Waals surface area contributed by atoms with Gasteiger partial charge in [0.05, 0.1) is 11.2 Å². The van der Waals surface area contributed by atoms with Crippen molar-refractivity contribution >= 4 is 22.5 Å². The highest BCUT2D eigenvalue weighted by Gasteiger charge is 2.53. The Labute approximate surface area is 161 Å². The molecule has 1 heterocycles. The zero-order valence-electron chi connectivity index (χ0n) is 15.9. The molecule has 142 valence electrons. The van der Waals surface area contributed by atoms with E-state index in [1.807, 2.05) is 30.3 Å². The zero-order chi connectivity index (χ0) is 18.2. The van der Waals surface area contributed by atoms with Crippen molar-refractivity contribution in [3.63, 3.8) is 0 Å². The van der Waals surface area contributed by atoms with Crippen LogP contribution in [0.15, 0.2) is 36.5 Å². The number of carbonyl (C=O) groups excluding carboxylic acids is 1. The standard InChI is InChI=1S/C23H29N3O/c27-23(26-25-21-13-5-12-20-19(21)11-6-14-24-20)22-17-9-3-1-7-15(17)16-8-2-4-10-18(16)22/h5-6,11-18,22,25H,1-4,7-10H2,(H,26,27). The van der Waals surface area contributed by atoms with Crippen molar-refractivity contribution < 1.29 is 4.79 Å². The number of pyridine rings is 1. The van der Waals surface area contributed by atoms with Gasteiger partial charge in [-0.15, -0.1) is 0 Å². The Morgan fingerprint density at radius 1 is 0.852 bits per heavy atom. The second-order valence-electron chi connectivity index (χ2n) is 8.74. The quantitative estimate of drug-likeness (QED) is 0.761. The molecule has 0 bridgehead atoms. The summed E-state index contributed by atoms with van der Waals surface area (Å²) < 4.78 is 0. The van der Waals surface area contributed by atoms with E-state index in [2.05, 4.69) is 15.8 Å². The first-order chi connectivity index (χ1) is 13.3. The zero-order valence-corrected chi connectivity index (χ0v) is 15.9. The molecular formula is C23H29N3O. The maximum absolute atomic E-state index is 13.3. The number of benzene rings is 1. The van der Waals surface area contributed by atoms with E-state index in [1.54, 1.807) is 6.20 Å². The van der Waals surface area contributed by atoms with Gasteiger partial charge in [-0.05, 0) is 73.6 Å². The third-order valence-electron chi connectivity index (χ3n) is 7.49. The number of hydrogen-bond acceptors (Lipinski definition) is 3. The Kier molecular flexibility index (Phi) is 4.50. The molecular weight excluding hydrogens is 334 g/mol. The van der Waals surface area contributed by atoms with Crippen LogP contribution in [0.2, 0.25) is 0 Å². The van der Waals surface area contributed by atoms with E-state index in [-0.39, 0.29) is 11.8 Å². The molecule has 0 aliphatic heterocycles. The number of amides is 1. The number of hydrogen-bond donors (Lipinski definition) is 2. The topological polar surface area (TPSA) is 54.0 Å². The summed E-state index contributed by atoms with van der Waals surface area (Å²) >= 11 is 0. The van der Waals surface area contributed by atoms with E-state index >= 15 is 0 Å². The summed E-state index contributed by atoms with van der Waals surface area (Å²) in [4.78, 5) is 17.7. The number of nitrogens with one attached hydrogen (secondary N) is 2. The van der Waals surface area contributed by atoms with Crippen LogP contribution in [0.3, 0.4) is 0 Å². The molecule has 0 radical (unpaired) electrons. The van der Waals surface area contributed by atoms with Crippen LogP contribution in [0.4, 0.5) is 5.69 Å². The van der Waals surface area contributed by atoms with E-state index < -0.39 is 0 Å². The van der Waals surface area contributed by atoms with Gasteiger partial charge in [-0.1, -0.05) is 31.7 Å². The van der Waals surface area contributed by atoms with Crippen molar-refractivity contribution in [1.29, 1.82) is 0 Å². The molecule has 5 rings (SSSR count). The largest absolute Gasteiger partial charge is 0.298 e. The van der Waals surface area contributed by atoms with Crippen molar-refractivity contribution in [2.75, 3.05) is 5.43 Å². The molecule has 3 saturated carbocycles. The summed E-state index contributed by atoms with van der Waals surface area (Å²) in [7, 11) is 0. The highest BCUT2D eigenvalue weighted by atomic mass is 16.2. The Hall–Kier alpha value is -2.10. The minimum absolute atomic E-state index is 0.196. The fourth-order valence-corrected chi connectivity index (χ4v) is 6.46. The van der Waals surface area contributed by atoms with Crippen LogP contribution >= 0.6 is 0 Å². The lowest BCUT2D eigenvalue weighted by molar-refractivity contribution is -0.127. The number of rotatable bonds is 3. The first-order valence-electron chi connectivity index (χ1n) is 10.7. The normalized spacial score (nSPS) is 32.5. The molecule has 1 aromatic carbocycles. The molecule has 4 nitrogen and oxygen atoms in total. The van der Waals surface area contributed by atoms with Crippen molar-refractivity contribution in [1.82, 2.24) is 10.4 Å². The van der Waals surface area contributed by atoms with Gasteiger partial charge in [0.15, 0.2) is 0 Å². The van der Waals surface area contributed by atoms with Gasteiger partial charge in [0.25, 0.3) is 0 Å². The molecule has 27 heavy (non-hydrogen) atoms. The second-order valence-corrected chi connectivity index (χ2v) is 8.74. The Bertz CT molecular complexity index is 808. The number of aromatic nitrogens is 1.